The maximum atomic E-state index is 12.4. The van der Waals surface area contributed by atoms with Crippen molar-refractivity contribution in [3.63, 3.8) is 0 Å². The molecular weight excluding hydrogens is 361 g/mol. The summed E-state index contributed by atoms with van der Waals surface area (Å²) in [7, 11) is 1.47. The molecular formula is C14H15Cl2N3O3S. The maximum Gasteiger partial charge on any atom is 0.261 e. The lowest BCUT2D eigenvalue weighted by Crippen LogP contribution is -2.13. The van der Waals surface area contributed by atoms with Crippen LogP contribution in [0.25, 0.3) is 0 Å². The summed E-state index contributed by atoms with van der Waals surface area (Å²) in [6.07, 6.45) is 0.763. The normalized spacial score (nSPS) is 13.0. The first-order valence-electron chi connectivity index (χ1n) is 6.59. The Morgan fingerprint density at radius 3 is 3.00 bits per heavy atom. The SMILES string of the molecule is COc1cc(N)c(Cl)cc1C(=O)Nc1nc2c(s1)COCC2.Cl. The van der Waals surface area contributed by atoms with Crippen LogP contribution in [0.5, 0.6) is 5.75 Å². The average Bonchev–Trinajstić information content (AvgIpc) is 2.91. The van der Waals surface area contributed by atoms with Crippen LogP contribution in [0.3, 0.4) is 0 Å². The second kappa shape index (κ2) is 7.35. The minimum atomic E-state index is -0.342. The van der Waals surface area contributed by atoms with Gasteiger partial charge in [-0.3, -0.25) is 10.1 Å². The minimum Gasteiger partial charge on any atom is -0.496 e. The maximum absolute atomic E-state index is 12.4. The Balaban J connectivity index is 0.00000192. The second-order valence-electron chi connectivity index (χ2n) is 4.72. The lowest BCUT2D eigenvalue weighted by molar-refractivity contribution is 0.102. The number of hydrogen-bond donors (Lipinski definition) is 2. The van der Waals surface area contributed by atoms with Gasteiger partial charge >= 0.3 is 0 Å². The number of fused-ring (bicyclic) bond motifs is 1. The Hall–Kier alpha value is -1.54. The van der Waals surface area contributed by atoms with Crippen molar-refractivity contribution in [2.75, 3.05) is 24.8 Å². The van der Waals surface area contributed by atoms with Crippen molar-refractivity contribution in [1.82, 2.24) is 4.98 Å². The molecule has 0 saturated heterocycles. The molecule has 23 heavy (non-hydrogen) atoms. The number of benzene rings is 1. The molecule has 0 unspecified atom stereocenters. The van der Waals surface area contributed by atoms with E-state index in [0.29, 0.717) is 40.4 Å². The third kappa shape index (κ3) is 3.69. The lowest BCUT2D eigenvalue weighted by Gasteiger charge is -2.10. The minimum absolute atomic E-state index is 0. The molecule has 6 nitrogen and oxygen atoms in total. The number of hydrogen-bond acceptors (Lipinski definition) is 6. The van der Waals surface area contributed by atoms with Crippen molar-refractivity contribution >= 4 is 52.1 Å². The van der Waals surface area contributed by atoms with E-state index in [1.807, 2.05) is 0 Å². The van der Waals surface area contributed by atoms with Gasteiger partial charge in [0.05, 0.1) is 47.2 Å². The molecule has 3 N–H and O–H groups in total. The molecule has 1 aliphatic heterocycles. The van der Waals surface area contributed by atoms with Crippen LogP contribution in [0.2, 0.25) is 5.02 Å². The Bertz CT molecular complexity index is 713. The molecule has 1 aliphatic rings. The number of nitrogens with one attached hydrogen (secondary N) is 1. The number of thiazole rings is 1. The van der Waals surface area contributed by atoms with Gasteiger partial charge in [0.15, 0.2) is 5.13 Å². The quantitative estimate of drug-likeness (QED) is 0.804. The molecule has 1 amide bonds. The number of ether oxygens (including phenoxy) is 2. The molecule has 0 saturated carbocycles. The van der Waals surface area contributed by atoms with Crippen molar-refractivity contribution in [3.05, 3.63) is 33.3 Å². The van der Waals surface area contributed by atoms with Crippen LogP contribution < -0.4 is 15.8 Å². The second-order valence-corrected chi connectivity index (χ2v) is 6.21. The number of carbonyl (C=O) groups excluding carboxylic acids is 1. The van der Waals surface area contributed by atoms with E-state index in [0.717, 1.165) is 17.0 Å². The van der Waals surface area contributed by atoms with E-state index in [1.54, 1.807) is 0 Å². The standard InChI is InChI=1S/C14H14ClN3O3S.ClH/c1-20-11-5-9(16)8(15)4-7(11)13(19)18-14-17-10-2-3-21-6-12(10)22-14;/h4-5H,2-3,6,16H2,1H3,(H,17,18,19);1H. The summed E-state index contributed by atoms with van der Waals surface area (Å²) in [6, 6.07) is 3.01. The summed E-state index contributed by atoms with van der Waals surface area (Å²) < 4.78 is 10.6. The monoisotopic (exact) mass is 375 g/mol. The Kier molecular flexibility index (Phi) is 5.69. The highest BCUT2D eigenvalue weighted by molar-refractivity contribution is 7.15. The van der Waals surface area contributed by atoms with E-state index < -0.39 is 0 Å². The van der Waals surface area contributed by atoms with Crippen molar-refractivity contribution in [1.29, 1.82) is 0 Å². The molecule has 124 valence electrons. The molecule has 1 aromatic carbocycles. The Morgan fingerprint density at radius 1 is 1.52 bits per heavy atom. The van der Waals surface area contributed by atoms with Crippen LogP contribution in [-0.2, 0) is 17.8 Å². The third-order valence-corrected chi connectivity index (χ3v) is 4.59. The zero-order valence-corrected chi connectivity index (χ0v) is 14.6. The van der Waals surface area contributed by atoms with E-state index in [4.69, 9.17) is 26.8 Å². The van der Waals surface area contributed by atoms with Gasteiger partial charge in [-0.15, -0.1) is 12.4 Å². The predicted octanol–water partition coefficient (Wildman–Crippen LogP) is 3.13. The number of carbonyl (C=O) groups is 1. The van der Waals surface area contributed by atoms with E-state index in [2.05, 4.69) is 10.3 Å². The molecule has 2 heterocycles. The van der Waals surface area contributed by atoms with Crippen molar-refractivity contribution in [2.24, 2.45) is 0 Å². The van der Waals surface area contributed by atoms with Crippen LogP contribution in [0.1, 0.15) is 20.9 Å². The average molecular weight is 376 g/mol. The molecule has 0 aliphatic carbocycles. The lowest BCUT2D eigenvalue weighted by atomic mass is 10.1. The van der Waals surface area contributed by atoms with Gasteiger partial charge < -0.3 is 15.2 Å². The molecule has 0 fully saturated rings. The van der Waals surface area contributed by atoms with Crippen LogP contribution in [0.4, 0.5) is 10.8 Å². The molecule has 0 bridgehead atoms. The van der Waals surface area contributed by atoms with Crippen LogP contribution in [0.15, 0.2) is 12.1 Å². The zero-order chi connectivity index (χ0) is 15.7. The van der Waals surface area contributed by atoms with Gasteiger partial charge in [-0.05, 0) is 6.07 Å². The number of nitrogens with two attached hydrogens (primary N) is 1. The van der Waals surface area contributed by atoms with E-state index in [-0.39, 0.29) is 18.3 Å². The number of nitrogens with zero attached hydrogens (tertiary/aromatic N) is 1. The molecule has 0 spiro atoms. The van der Waals surface area contributed by atoms with Crippen molar-refractivity contribution in [3.8, 4) is 5.75 Å². The fourth-order valence-corrected chi connectivity index (χ4v) is 3.26. The summed E-state index contributed by atoms with van der Waals surface area (Å²) in [5, 5.41) is 3.61. The first-order valence-corrected chi connectivity index (χ1v) is 7.78. The van der Waals surface area contributed by atoms with Crippen LogP contribution in [0, 0.1) is 0 Å². The van der Waals surface area contributed by atoms with E-state index in [9.17, 15) is 4.79 Å². The molecule has 9 heteroatoms. The van der Waals surface area contributed by atoms with Crippen molar-refractivity contribution in [2.45, 2.75) is 13.0 Å². The Labute approximate surface area is 148 Å². The molecule has 1 aromatic heterocycles. The number of methoxy groups -OCH3 is 1. The first kappa shape index (κ1) is 17.8. The number of anilines is 2. The first-order chi connectivity index (χ1) is 10.6. The van der Waals surface area contributed by atoms with Gasteiger partial charge in [0.25, 0.3) is 5.91 Å². The molecule has 0 radical (unpaired) electrons. The van der Waals surface area contributed by atoms with E-state index >= 15 is 0 Å². The third-order valence-electron chi connectivity index (χ3n) is 3.28. The molecule has 2 aromatic rings. The highest BCUT2D eigenvalue weighted by Gasteiger charge is 2.19. The van der Waals surface area contributed by atoms with Crippen LogP contribution in [-0.4, -0.2) is 24.6 Å². The number of aromatic nitrogens is 1. The highest BCUT2D eigenvalue weighted by atomic mass is 35.5. The summed E-state index contributed by atoms with van der Waals surface area (Å²) in [5.41, 5.74) is 7.37. The van der Waals surface area contributed by atoms with Gasteiger partial charge in [-0.25, -0.2) is 4.98 Å². The van der Waals surface area contributed by atoms with Crippen LogP contribution >= 0.6 is 35.3 Å². The van der Waals surface area contributed by atoms with Gasteiger partial charge in [0.1, 0.15) is 5.75 Å². The molecule has 3 rings (SSSR count). The number of amides is 1. The van der Waals surface area contributed by atoms with E-state index in [1.165, 1.54) is 30.6 Å². The van der Waals surface area contributed by atoms with Gasteiger partial charge in [0.2, 0.25) is 0 Å². The summed E-state index contributed by atoms with van der Waals surface area (Å²) in [5.74, 6) is 0.0230. The topological polar surface area (TPSA) is 86.5 Å². The number of halogens is 2. The summed E-state index contributed by atoms with van der Waals surface area (Å²) in [4.78, 5) is 17.9. The predicted molar refractivity (Wildman–Crippen MR) is 93.1 cm³/mol. The molecule has 0 atom stereocenters. The smallest absolute Gasteiger partial charge is 0.261 e. The fourth-order valence-electron chi connectivity index (χ4n) is 2.16. The number of nitrogen functional groups attached to an aromatic ring is 1. The Morgan fingerprint density at radius 2 is 2.30 bits per heavy atom. The largest absolute Gasteiger partial charge is 0.496 e. The summed E-state index contributed by atoms with van der Waals surface area (Å²) in [6.45, 7) is 1.20. The fraction of sp³-hybridized carbons (Fsp3) is 0.286. The van der Waals surface area contributed by atoms with Gasteiger partial charge in [0, 0.05) is 12.5 Å². The van der Waals surface area contributed by atoms with Gasteiger partial charge in [-0.1, -0.05) is 22.9 Å². The van der Waals surface area contributed by atoms with Crippen molar-refractivity contribution < 1.29 is 14.3 Å². The summed E-state index contributed by atoms with van der Waals surface area (Å²) >= 11 is 7.39. The highest BCUT2D eigenvalue weighted by Crippen LogP contribution is 2.31. The zero-order valence-electron chi connectivity index (χ0n) is 12.2. The van der Waals surface area contributed by atoms with Gasteiger partial charge in [-0.2, -0.15) is 0 Å². The number of rotatable bonds is 3.